The van der Waals surface area contributed by atoms with Crippen LogP contribution in [0.5, 0.6) is 5.75 Å². The number of pyridine rings is 1. The first kappa shape index (κ1) is 13.6. The minimum atomic E-state index is -1.01. The maximum Gasteiger partial charge on any atom is 0.341 e. The molecule has 1 unspecified atom stereocenters. The van der Waals surface area contributed by atoms with Crippen LogP contribution < -0.4 is 4.74 Å². The van der Waals surface area contributed by atoms with Crippen LogP contribution in [0.2, 0.25) is 0 Å². The number of benzene rings is 1. The second-order valence-electron chi connectivity index (χ2n) is 4.89. The predicted octanol–water partition coefficient (Wildman–Crippen LogP) is 2.47. The molecule has 0 saturated carbocycles. The van der Waals surface area contributed by atoms with Crippen LogP contribution in [-0.4, -0.2) is 22.7 Å². The van der Waals surface area contributed by atoms with Gasteiger partial charge in [0.15, 0.2) is 6.61 Å². The van der Waals surface area contributed by atoms with Crippen molar-refractivity contribution in [2.45, 2.75) is 19.6 Å². The summed E-state index contributed by atoms with van der Waals surface area (Å²) < 4.78 is 11.2. The molecule has 3 rings (SSSR count). The number of aromatic nitrogens is 1. The van der Waals surface area contributed by atoms with E-state index in [1.54, 1.807) is 13.1 Å². The van der Waals surface area contributed by atoms with Gasteiger partial charge in [-0.05, 0) is 12.5 Å². The van der Waals surface area contributed by atoms with E-state index in [0.717, 1.165) is 16.7 Å². The third kappa shape index (κ3) is 2.60. The van der Waals surface area contributed by atoms with Gasteiger partial charge in [0.05, 0.1) is 12.3 Å². The fourth-order valence-electron chi connectivity index (χ4n) is 2.51. The second kappa shape index (κ2) is 5.54. The molecule has 1 aliphatic rings. The number of ether oxygens (including phenoxy) is 2. The molecule has 5 heteroatoms. The normalized spacial score (nSPS) is 16.5. The number of nitrogens with zero attached hydrogens (tertiary/aromatic N) is 1. The van der Waals surface area contributed by atoms with Gasteiger partial charge in [-0.2, -0.15) is 0 Å². The molecule has 21 heavy (non-hydrogen) atoms. The van der Waals surface area contributed by atoms with E-state index in [9.17, 15) is 4.79 Å². The molecular formula is C16H15NO4. The van der Waals surface area contributed by atoms with E-state index >= 15 is 0 Å². The quantitative estimate of drug-likeness (QED) is 0.934. The van der Waals surface area contributed by atoms with E-state index in [4.69, 9.17) is 14.6 Å². The van der Waals surface area contributed by atoms with Crippen molar-refractivity contribution >= 4 is 5.97 Å². The van der Waals surface area contributed by atoms with E-state index in [-0.39, 0.29) is 12.7 Å². The smallest absolute Gasteiger partial charge is 0.341 e. The van der Waals surface area contributed by atoms with Gasteiger partial charge in [-0.1, -0.05) is 30.3 Å². The van der Waals surface area contributed by atoms with Gasteiger partial charge in [-0.15, -0.1) is 0 Å². The predicted molar refractivity (Wildman–Crippen MR) is 75.2 cm³/mol. The number of rotatable bonds is 4. The molecule has 5 nitrogen and oxygen atoms in total. The number of carboxylic acids is 1. The highest BCUT2D eigenvalue weighted by molar-refractivity contribution is 5.68. The highest BCUT2D eigenvalue weighted by Gasteiger charge is 2.29. The minimum absolute atomic E-state index is 0.179. The Morgan fingerprint density at radius 2 is 2.19 bits per heavy atom. The molecule has 0 aliphatic carbocycles. The van der Waals surface area contributed by atoms with E-state index in [2.05, 4.69) is 4.98 Å². The van der Waals surface area contributed by atoms with Crippen LogP contribution in [0.3, 0.4) is 0 Å². The Bertz CT molecular complexity index is 669. The van der Waals surface area contributed by atoms with Crippen molar-refractivity contribution in [1.29, 1.82) is 0 Å². The average molecular weight is 285 g/mol. The lowest BCUT2D eigenvalue weighted by molar-refractivity contribution is -0.139. The molecular weight excluding hydrogens is 270 g/mol. The molecule has 1 aromatic heterocycles. The monoisotopic (exact) mass is 285 g/mol. The molecule has 1 N–H and O–H groups in total. The lowest BCUT2D eigenvalue weighted by Crippen LogP contribution is -2.12. The molecule has 1 atom stereocenters. The largest absolute Gasteiger partial charge is 0.480 e. The standard InChI is InChI=1S/C16H15NO4/c1-10-15(21-9-14(18)19)13-8-20-16(12(13)7-17-10)11-5-3-2-4-6-11/h2-7,16H,8-9H2,1H3,(H,18,19). The van der Waals surface area contributed by atoms with Gasteiger partial charge in [0.1, 0.15) is 11.9 Å². The summed E-state index contributed by atoms with van der Waals surface area (Å²) in [7, 11) is 0. The van der Waals surface area contributed by atoms with Crippen molar-refractivity contribution in [1.82, 2.24) is 4.98 Å². The molecule has 0 spiro atoms. The van der Waals surface area contributed by atoms with E-state index in [0.29, 0.717) is 18.1 Å². The lowest BCUT2D eigenvalue weighted by Gasteiger charge is -2.13. The zero-order valence-corrected chi connectivity index (χ0v) is 11.6. The summed E-state index contributed by atoms with van der Waals surface area (Å²) in [4.78, 5) is 15.0. The number of aryl methyl sites for hydroxylation is 1. The van der Waals surface area contributed by atoms with Gasteiger partial charge in [-0.25, -0.2) is 4.79 Å². The molecule has 1 aromatic carbocycles. The Balaban J connectivity index is 1.97. The van der Waals surface area contributed by atoms with Gasteiger partial charge in [0.2, 0.25) is 0 Å². The highest BCUT2D eigenvalue weighted by atomic mass is 16.5. The SMILES string of the molecule is Cc1ncc2c(c1OCC(=O)O)COC2c1ccccc1. The maximum atomic E-state index is 10.7. The second-order valence-corrected chi connectivity index (χ2v) is 4.89. The topological polar surface area (TPSA) is 68.7 Å². The van der Waals surface area contributed by atoms with Crippen LogP contribution in [0.4, 0.5) is 0 Å². The van der Waals surface area contributed by atoms with Crippen LogP contribution in [0, 0.1) is 6.92 Å². The van der Waals surface area contributed by atoms with Crippen LogP contribution in [0.25, 0.3) is 0 Å². The van der Waals surface area contributed by atoms with Crippen molar-refractivity contribution in [2.24, 2.45) is 0 Å². The Labute approximate surface area is 122 Å². The molecule has 0 bridgehead atoms. The third-order valence-electron chi connectivity index (χ3n) is 3.47. The van der Waals surface area contributed by atoms with E-state index < -0.39 is 5.97 Å². The molecule has 1 aliphatic heterocycles. The molecule has 2 aromatic rings. The first-order valence-corrected chi connectivity index (χ1v) is 6.66. The highest BCUT2D eigenvalue weighted by Crippen LogP contribution is 2.40. The van der Waals surface area contributed by atoms with E-state index in [1.165, 1.54) is 0 Å². The average Bonchev–Trinajstić information content (AvgIpc) is 2.91. The zero-order chi connectivity index (χ0) is 14.8. The fraction of sp³-hybridized carbons (Fsp3) is 0.250. The molecule has 0 fully saturated rings. The summed E-state index contributed by atoms with van der Waals surface area (Å²) in [6, 6.07) is 9.86. The van der Waals surface area contributed by atoms with Gasteiger partial charge in [0.25, 0.3) is 0 Å². The summed E-state index contributed by atoms with van der Waals surface area (Å²) in [5, 5.41) is 8.77. The Morgan fingerprint density at radius 3 is 2.90 bits per heavy atom. The lowest BCUT2D eigenvalue weighted by atomic mass is 10.0. The third-order valence-corrected chi connectivity index (χ3v) is 3.47. The van der Waals surface area contributed by atoms with Gasteiger partial charge in [-0.3, -0.25) is 4.98 Å². The number of hydrogen-bond donors (Lipinski definition) is 1. The van der Waals surface area contributed by atoms with Crippen LogP contribution in [0.1, 0.15) is 28.5 Å². The van der Waals surface area contributed by atoms with Gasteiger partial charge >= 0.3 is 5.97 Å². The summed E-state index contributed by atoms with van der Waals surface area (Å²) >= 11 is 0. The Kier molecular flexibility index (Phi) is 3.58. The van der Waals surface area contributed by atoms with Crippen molar-refractivity contribution < 1.29 is 19.4 Å². The molecule has 0 saturated heterocycles. The zero-order valence-electron chi connectivity index (χ0n) is 11.6. The molecule has 2 heterocycles. The summed E-state index contributed by atoms with van der Waals surface area (Å²) in [5.41, 5.74) is 3.54. The Hall–Kier alpha value is -2.40. The van der Waals surface area contributed by atoms with Crippen LogP contribution in [0.15, 0.2) is 36.5 Å². The number of hydrogen-bond acceptors (Lipinski definition) is 4. The number of carbonyl (C=O) groups is 1. The fourth-order valence-corrected chi connectivity index (χ4v) is 2.51. The van der Waals surface area contributed by atoms with Gasteiger partial charge in [0, 0.05) is 17.3 Å². The Morgan fingerprint density at radius 1 is 1.43 bits per heavy atom. The van der Waals surface area contributed by atoms with Crippen molar-refractivity contribution in [3.63, 3.8) is 0 Å². The van der Waals surface area contributed by atoms with Crippen molar-refractivity contribution in [3.05, 3.63) is 58.9 Å². The molecule has 108 valence electrons. The molecule has 0 radical (unpaired) electrons. The summed E-state index contributed by atoms with van der Waals surface area (Å²) in [6.45, 7) is 1.81. The van der Waals surface area contributed by atoms with Crippen molar-refractivity contribution in [2.75, 3.05) is 6.61 Å². The maximum absolute atomic E-state index is 10.7. The van der Waals surface area contributed by atoms with E-state index in [1.807, 2.05) is 30.3 Å². The van der Waals surface area contributed by atoms with Gasteiger partial charge < -0.3 is 14.6 Å². The van der Waals surface area contributed by atoms with Crippen LogP contribution in [-0.2, 0) is 16.1 Å². The first-order valence-electron chi connectivity index (χ1n) is 6.66. The van der Waals surface area contributed by atoms with Crippen LogP contribution >= 0.6 is 0 Å². The number of aliphatic carboxylic acids is 1. The van der Waals surface area contributed by atoms with Crippen molar-refractivity contribution in [3.8, 4) is 5.75 Å². The summed E-state index contributed by atoms with van der Waals surface area (Å²) in [6.07, 6.45) is 1.60. The summed E-state index contributed by atoms with van der Waals surface area (Å²) in [5.74, 6) is -0.487. The number of carboxylic acid groups (broad SMARTS) is 1. The number of fused-ring (bicyclic) bond motifs is 1. The molecule has 0 amide bonds. The minimum Gasteiger partial charge on any atom is -0.480 e. The first-order chi connectivity index (χ1) is 10.2.